The van der Waals surface area contributed by atoms with Crippen LogP contribution in [0.5, 0.6) is 0 Å². The van der Waals surface area contributed by atoms with Crippen LogP contribution in [0.1, 0.15) is 0 Å². The minimum Gasteiger partial charge on any atom is -0.604 e. The number of alkyl halides is 3. The lowest BCUT2D eigenvalue weighted by atomic mass is 10.1. The summed E-state index contributed by atoms with van der Waals surface area (Å²) in [6, 6.07) is 10.6. The Labute approximate surface area is 110 Å². The first kappa shape index (κ1) is 13.9. The maximum Gasteiger partial charge on any atom is 0.578 e. The van der Waals surface area contributed by atoms with Crippen LogP contribution in [0.25, 0.3) is 11.1 Å². The summed E-state index contributed by atoms with van der Waals surface area (Å²) in [6.45, 7) is 0. The Morgan fingerprint density at radius 1 is 0.842 bits per heavy atom. The normalized spacial score (nSPS) is 13.3. The van der Waals surface area contributed by atoms with Gasteiger partial charge in [0.1, 0.15) is 5.82 Å². The predicted molar refractivity (Wildman–Crippen MR) is 64.3 cm³/mol. The Kier molecular flexibility index (Phi) is 3.82. The summed E-state index contributed by atoms with van der Waals surface area (Å²) < 4.78 is 62.7. The lowest BCUT2D eigenvalue weighted by Gasteiger charge is -2.15. The second-order valence-electron chi connectivity index (χ2n) is 3.69. The molecule has 1 atom stereocenters. The fourth-order valence-corrected chi connectivity index (χ4v) is 2.48. The fourth-order valence-electron chi connectivity index (χ4n) is 1.66. The molecule has 0 heterocycles. The molecule has 0 aliphatic carbocycles. The highest BCUT2D eigenvalue weighted by molar-refractivity contribution is 7.92. The molecule has 0 aliphatic rings. The lowest BCUT2D eigenvalue weighted by Crippen LogP contribution is -2.23. The first-order valence-corrected chi connectivity index (χ1v) is 6.39. The largest absolute Gasteiger partial charge is 0.604 e. The highest BCUT2D eigenvalue weighted by Gasteiger charge is 2.47. The summed E-state index contributed by atoms with van der Waals surface area (Å²) >= 11 is -3.19. The zero-order valence-electron chi connectivity index (χ0n) is 9.45. The average molecular weight is 288 g/mol. The van der Waals surface area contributed by atoms with Crippen molar-refractivity contribution in [3.63, 3.8) is 0 Å². The van der Waals surface area contributed by atoms with Gasteiger partial charge in [-0.2, -0.15) is 0 Å². The molecule has 0 aromatic heterocycles. The van der Waals surface area contributed by atoms with Crippen molar-refractivity contribution in [2.45, 2.75) is 10.4 Å². The van der Waals surface area contributed by atoms with E-state index in [0.29, 0.717) is 0 Å². The molecule has 2 rings (SSSR count). The van der Waals surface area contributed by atoms with Crippen molar-refractivity contribution >= 4 is 11.2 Å². The number of halogens is 4. The van der Waals surface area contributed by atoms with Gasteiger partial charge in [0, 0.05) is 11.1 Å². The standard InChI is InChI=1S/C13H8F4OS/c14-11-7-3-1-5-9(11)10-6-2-4-8-12(10)19(18)13(15,16)17/h1-8H. The molecule has 0 N–H and O–H groups in total. The monoisotopic (exact) mass is 288 g/mol. The second-order valence-corrected chi connectivity index (χ2v) is 5.13. The van der Waals surface area contributed by atoms with E-state index in [4.69, 9.17) is 0 Å². The molecule has 2 aromatic carbocycles. The van der Waals surface area contributed by atoms with E-state index in [1.807, 2.05) is 0 Å². The van der Waals surface area contributed by atoms with Crippen LogP contribution in [0, 0.1) is 5.82 Å². The molecule has 19 heavy (non-hydrogen) atoms. The molecule has 0 saturated carbocycles. The second kappa shape index (κ2) is 5.22. The third-order valence-electron chi connectivity index (χ3n) is 2.46. The highest BCUT2D eigenvalue weighted by Crippen LogP contribution is 2.36. The zero-order valence-corrected chi connectivity index (χ0v) is 10.3. The van der Waals surface area contributed by atoms with E-state index in [-0.39, 0.29) is 11.1 Å². The van der Waals surface area contributed by atoms with Gasteiger partial charge in [-0.3, -0.25) is 0 Å². The first-order valence-electron chi connectivity index (χ1n) is 5.24. The van der Waals surface area contributed by atoms with Gasteiger partial charge < -0.3 is 4.55 Å². The summed E-state index contributed by atoms with van der Waals surface area (Å²) in [5, 5.41) is 0. The van der Waals surface area contributed by atoms with Crippen molar-refractivity contribution in [2.75, 3.05) is 0 Å². The molecule has 0 radical (unpaired) electrons. The number of rotatable bonds is 2. The summed E-state index contributed by atoms with van der Waals surface area (Å²) in [7, 11) is 0. The van der Waals surface area contributed by atoms with Crippen molar-refractivity contribution in [3.8, 4) is 11.1 Å². The quantitative estimate of drug-likeness (QED) is 0.602. The Morgan fingerprint density at radius 2 is 1.37 bits per heavy atom. The van der Waals surface area contributed by atoms with Gasteiger partial charge in [0.2, 0.25) is 0 Å². The molecule has 0 spiro atoms. The van der Waals surface area contributed by atoms with Gasteiger partial charge in [0.15, 0.2) is 4.90 Å². The average Bonchev–Trinajstić information content (AvgIpc) is 2.37. The Hall–Kier alpha value is -1.53. The molecular formula is C13H8F4OS. The van der Waals surface area contributed by atoms with Crippen LogP contribution in [-0.2, 0) is 11.2 Å². The number of benzene rings is 2. The van der Waals surface area contributed by atoms with Gasteiger partial charge in [-0.15, -0.1) is 13.2 Å². The molecule has 0 saturated heterocycles. The minimum absolute atomic E-state index is 0.00398. The Morgan fingerprint density at radius 3 is 1.95 bits per heavy atom. The van der Waals surface area contributed by atoms with Crippen molar-refractivity contribution < 1.29 is 22.1 Å². The van der Waals surface area contributed by atoms with Crippen LogP contribution in [0.15, 0.2) is 53.4 Å². The van der Waals surface area contributed by atoms with E-state index < -0.39 is 27.4 Å². The molecule has 100 valence electrons. The summed E-state index contributed by atoms with van der Waals surface area (Å²) in [5.41, 5.74) is -4.89. The summed E-state index contributed by atoms with van der Waals surface area (Å²) in [5.74, 6) is -0.658. The fraction of sp³-hybridized carbons (Fsp3) is 0.0769. The SMILES string of the molecule is [O-][S+](c1ccccc1-c1ccccc1F)C(F)(F)F. The smallest absolute Gasteiger partial charge is 0.578 e. The van der Waals surface area contributed by atoms with Crippen LogP contribution in [0.2, 0.25) is 0 Å². The third kappa shape index (κ3) is 2.90. The van der Waals surface area contributed by atoms with E-state index in [9.17, 15) is 22.1 Å². The van der Waals surface area contributed by atoms with Gasteiger partial charge in [-0.1, -0.05) is 30.3 Å². The van der Waals surface area contributed by atoms with E-state index >= 15 is 0 Å². The highest BCUT2D eigenvalue weighted by atomic mass is 32.2. The van der Waals surface area contributed by atoms with Gasteiger partial charge in [0.25, 0.3) is 0 Å². The van der Waals surface area contributed by atoms with E-state index in [0.717, 1.165) is 12.1 Å². The summed E-state index contributed by atoms with van der Waals surface area (Å²) in [4.78, 5) is -0.444. The number of hydrogen-bond donors (Lipinski definition) is 0. The predicted octanol–water partition coefficient (Wildman–Crippen LogP) is 4.12. The van der Waals surface area contributed by atoms with Crippen LogP contribution in [0.3, 0.4) is 0 Å². The molecule has 6 heteroatoms. The van der Waals surface area contributed by atoms with Crippen molar-refractivity contribution in [3.05, 3.63) is 54.3 Å². The van der Waals surface area contributed by atoms with Gasteiger partial charge in [0.05, 0.1) is 11.2 Å². The van der Waals surface area contributed by atoms with Gasteiger partial charge in [-0.05, 0) is 18.2 Å². The van der Waals surface area contributed by atoms with E-state index in [1.54, 1.807) is 0 Å². The van der Waals surface area contributed by atoms with Crippen LogP contribution in [-0.4, -0.2) is 10.1 Å². The van der Waals surface area contributed by atoms with Gasteiger partial charge in [-0.25, -0.2) is 4.39 Å². The third-order valence-corrected chi connectivity index (χ3v) is 3.64. The topological polar surface area (TPSA) is 23.1 Å². The molecule has 0 amide bonds. The Bertz CT molecular complexity index is 583. The molecule has 1 unspecified atom stereocenters. The first-order chi connectivity index (χ1) is 8.91. The molecule has 0 fully saturated rings. The van der Waals surface area contributed by atoms with Crippen LogP contribution < -0.4 is 0 Å². The molecule has 2 aromatic rings. The summed E-state index contributed by atoms with van der Waals surface area (Å²) in [6.07, 6.45) is 0. The van der Waals surface area contributed by atoms with E-state index in [2.05, 4.69) is 0 Å². The minimum atomic E-state index is -4.87. The maximum atomic E-state index is 13.6. The van der Waals surface area contributed by atoms with Gasteiger partial charge >= 0.3 is 5.51 Å². The molecule has 1 nitrogen and oxygen atoms in total. The van der Waals surface area contributed by atoms with Crippen LogP contribution >= 0.6 is 0 Å². The van der Waals surface area contributed by atoms with Crippen molar-refractivity contribution in [1.82, 2.24) is 0 Å². The Balaban J connectivity index is 2.57. The van der Waals surface area contributed by atoms with Crippen molar-refractivity contribution in [2.24, 2.45) is 0 Å². The maximum absolute atomic E-state index is 13.6. The number of hydrogen-bond acceptors (Lipinski definition) is 1. The zero-order chi connectivity index (χ0) is 14.0. The lowest BCUT2D eigenvalue weighted by molar-refractivity contribution is -0.0435. The van der Waals surface area contributed by atoms with E-state index in [1.165, 1.54) is 36.4 Å². The molecule has 0 bridgehead atoms. The molecular weight excluding hydrogens is 280 g/mol. The van der Waals surface area contributed by atoms with Crippen LogP contribution in [0.4, 0.5) is 17.6 Å². The van der Waals surface area contributed by atoms with Crippen molar-refractivity contribution in [1.29, 1.82) is 0 Å². The molecule has 0 aliphatic heterocycles.